The summed E-state index contributed by atoms with van der Waals surface area (Å²) in [7, 11) is 0. The minimum atomic E-state index is -0.485. The molecule has 0 radical (unpaired) electrons. The van der Waals surface area contributed by atoms with E-state index in [4.69, 9.17) is 16.3 Å². The average molecular weight is 311 g/mol. The van der Waals surface area contributed by atoms with Crippen LogP contribution in [0, 0.1) is 12.7 Å². The second-order valence-electron chi connectivity index (χ2n) is 4.40. The summed E-state index contributed by atoms with van der Waals surface area (Å²) in [6.07, 6.45) is 0. The predicted molar refractivity (Wildman–Crippen MR) is 79.6 cm³/mol. The lowest BCUT2D eigenvalue weighted by molar-refractivity contribution is 0.409. The molecule has 0 saturated heterocycles. The molecule has 1 aromatic heterocycles. The van der Waals surface area contributed by atoms with Gasteiger partial charge in [-0.15, -0.1) is 0 Å². The van der Waals surface area contributed by atoms with Crippen LogP contribution >= 0.6 is 11.6 Å². The van der Waals surface area contributed by atoms with E-state index in [9.17, 15) is 4.39 Å². The van der Waals surface area contributed by atoms with Gasteiger partial charge in [0.2, 0.25) is 11.2 Å². The molecule has 0 aliphatic carbocycles. The van der Waals surface area contributed by atoms with Crippen molar-refractivity contribution in [2.24, 2.45) is 0 Å². The normalized spacial score (nSPS) is 10.5. The lowest BCUT2D eigenvalue weighted by atomic mass is 10.2. The van der Waals surface area contributed by atoms with E-state index in [0.717, 1.165) is 18.7 Å². The van der Waals surface area contributed by atoms with Gasteiger partial charge in [-0.25, -0.2) is 4.39 Å². The first-order valence-electron chi connectivity index (χ1n) is 6.64. The molecule has 0 aliphatic heterocycles. The highest BCUT2D eigenvalue weighted by Gasteiger charge is 2.13. The lowest BCUT2D eigenvalue weighted by Crippen LogP contribution is -2.24. The Balaban J connectivity index is 2.34. The zero-order valence-electron chi connectivity index (χ0n) is 12.1. The highest BCUT2D eigenvalue weighted by atomic mass is 35.5. The number of nitrogens with zero attached hydrogens (tertiary/aromatic N) is 4. The monoisotopic (exact) mass is 310 g/mol. The van der Waals surface area contributed by atoms with Crippen LogP contribution in [0.1, 0.15) is 19.4 Å². The molecule has 7 heteroatoms. The van der Waals surface area contributed by atoms with Gasteiger partial charge in [0.1, 0.15) is 0 Å². The summed E-state index contributed by atoms with van der Waals surface area (Å²) < 4.78 is 19.1. The van der Waals surface area contributed by atoms with Crippen molar-refractivity contribution < 1.29 is 9.13 Å². The van der Waals surface area contributed by atoms with Gasteiger partial charge < -0.3 is 9.64 Å². The number of hydrogen-bond donors (Lipinski definition) is 0. The van der Waals surface area contributed by atoms with Gasteiger partial charge in [-0.1, -0.05) is 6.07 Å². The molecule has 0 N–H and O–H groups in total. The topological polar surface area (TPSA) is 51.1 Å². The third-order valence-corrected chi connectivity index (χ3v) is 3.08. The Morgan fingerprint density at radius 1 is 1.19 bits per heavy atom. The number of hydrogen-bond acceptors (Lipinski definition) is 5. The molecule has 1 heterocycles. The van der Waals surface area contributed by atoms with Crippen molar-refractivity contribution in [3.8, 4) is 11.8 Å². The Morgan fingerprint density at radius 3 is 2.57 bits per heavy atom. The Hall–Kier alpha value is -1.95. The Morgan fingerprint density at radius 2 is 1.90 bits per heavy atom. The summed E-state index contributed by atoms with van der Waals surface area (Å²) in [6, 6.07) is 4.54. The van der Waals surface area contributed by atoms with E-state index >= 15 is 0 Å². The minimum Gasteiger partial charge on any atom is -0.421 e. The van der Waals surface area contributed by atoms with Gasteiger partial charge in [-0.3, -0.25) is 0 Å². The van der Waals surface area contributed by atoms with Crippen LogP contribution in [0.25, 0.3) is 0 Å². The van der Waals surface area contributed by atoms with Crippen LogP contribution in [0.2, 0.25) is 5.28 Å². The van der Waals surface area contributed by atoms with E-state index < -0.39 is 5.82 Å². The Kier molecular flexibility index (Phi) is 4.90. The molecule has 21 heavy (non-hydrogen) atoms. The van der Waals surface area contributed by atoms with Crippen molar-refractivity contribution in [2.75, 3.05) is 18.0 Å². The number of aromatic nitrogens is 3. The van der Waals surface area contributed by atoms with E-state index in [1.807, 2.05) is 25.7 Å². The van der Waals surface area contributed by atoms with Gasteiger partial charge in [0.05, 0.1) is 0 Å². The molecule has 5 nitrogen and oxygen atoms in total. The van der Waals surface area contributed by atoms with Gasteiger partial charge in [0.15, 0.2) is 11.6 Å². The quantitative estimate of drug-likeness (QED) is 0.844. The lowest BCUT2D eigenvalue weighted by Gasteiger charge is -2.18. The molecule has 0 saturated carbocycles. The third-order valence-electron chi connectivity index (χ3n) is 2.91. The standard InChI is InChI=1S/C14H16ClFN4O/c1-4-20(5-2)13-17-12(15)18-14(19-13)21-11-8-9(3)6-7-10(11)16/h6-8H,4-5H2,1-3H3. The zero-order chi connectivity index (χ0) is 15.4. The first kappa shape index (κ1) is 15.4. The molecule has 0 atom stereocenters. The van der Waals surface area contributed by atoms with Gasteiger partial charge in [0, 0.05) is 13.1 Å². The van der Waals surface area contributed by atoms with E-state index in [1.165, 1.54) is 6.07 Å². The van der Waals surface area contributed by atoms with Crippen molar-refractivity contribution in [2.45, 2.75) is 20.8 Å². The van der Waals surface area contributed by atoms with E-state index in [1.54, 1.807) is 12.1 Å². The maximum absolute atomic E-state index is 13.7. The van der Waals surface area contributed by atoms with E-state index in [-0.39, 0.29) is 17.0 Å². The fourth-order valence-corrected chi connectivity index (χ4v) is 1.95. The fraction of sp³-hybridized carbons (Fsp3) is 0.357. The first-order valence-corrected chi connectivity index (χ1v) is 7.01. The number of rotatable bonds is 5. The van der Waals surface area contributed by atoms with E-state index in [2.05, 4.69) is 15.0 Å². The highest BCUT2D eigenvalue weighted by molar-refractivity contribution is 6.28. The molecular weight excluding hydrogens is 295 g/mol. The van der Waals surface area contributed by atoms with Gasteiger partial charge in [0.25, 0.3) is 0 Å². The molecule has 0 spiro atoms. The smallest absolute Gasteiger partial charge is 0.328 e. The molecule has 0 fully saturated rings. The summed E-state index contributed by atoms with van der Waals surface area (Å²) in [4.78, 5) is 14.0. The SMILES string of the molecule is CCN(CC)c1nc(Cl)nc(Oc2cc(C)ccc2F)n1. The second-order valence-corrected chi connectivity index (χ2v) is 4.73. The van der Waals surface area contributed by atoms with Crippen LogP contribution < -0.4 is 9.64 Å². The molecule has 0 unspecified atom stereocenters. The molecule has 0 bridgehead atoms. The van der Waals surface area contributed by atoms with Crippen LogP contribution in [0.4, 0.5) is 10.3 Å². The summed E-state index contributed by atoms with van der Waals surface area (Å²) in [5.41, 5.74) is 0.871. The average Bonchev–Trinajstić information content (AvgIpc) is 2.44. The first-order chi connectivity index (χ1) is 10.0. The maximum Gasteiger partial charge on any atom is 0.328 e. The van der Waals surface area contributed by atoms with Crippen LogP contribution in [-0.2, 0) is 0 Å². The van der Waals surface area contributed by atoms with Crippen LogP contribution in [-0.4, -0.2) is 28.0 Å². The summed E-state index contributed by atoms with van der Waals surface area (Å²) in [5, 5.41) is 0.00922. The molecule has 2 rings (SSSR count). The van der Waals surface area contributed by atoms with Crippen LogP contribution in [0.5, 0.6) is 11.8 Å². The third kappa shape index (κ3) is 3.78. The largest absolute Gasteiger partial charge is 0.421 e. The number of aryl methyl sites for hydroxylation is 1. The van der Waals surface area contributed by atoms with Gasteiger partial charge in [-0.05, 0) is 50.1 Å². The summed E-state index contributed by atoms with van der Waals surface area (Å²) in [6.45, 7) is 7.22. The molecule has 0 aliphatic rings. The van der Waals surface area contributed by atoms with Crippen molar-refractivity contribution in [1.29, 1.82) is 0 Å². The Labute approximate surface area is 127 Å². The maximum atomic E-state index is 13.7. The number of halogens is 2. The zero-order valence-corrected chi connectivity index (χ0v) is 12.9. The number of ether oxygens (including phenoxy) is 1. The molecule has 2 aromatic rings. The Bertz CT molecular complexity index is 634. The molecule has 0 amide bonds. The van der Waals surface area contributed by atoms with Crippen molar-refractivity contribution in [3.05, 3.63) is 34.9 Å². The van der Waals surface area contributed by atoms with Gasteiger partial charge >= 0.3 is 6.01 Å². The van der Waals surface area contributed by atoms with Crippen molar-refractivity contribution in [3.63, 3.8) is 0 Å². The summed E-state index contributed by atoms with van der Waals surface area (Å²) >= 11 is 5.88. The minimum absolute atomic E-state index is 0.00922. The molecule has 112 valence electrons. The number of anilines is 1. The second kappa shape index (κ2) is 6.67. The molecular formula is C14H16ClFN4O. The number of benzene rings is 1. The van der Waals surface area contributed by atoms with E-state index in [0.29, 0.717) is 5.95 Å². The summed E-state index contributed by atoms with van der Waals surface area (Å²) in [5.74, 6) is -0.0210. The highest BCUT2D eigenvalue weighted by Crippen LogP contribution is 2.24. The predicted octanol–water partition coefficient (Wildman–Crippen LogP) is 3.61. The van der Waals surface area contributed by atoms with Gasteiger partial charge in [-0.2, -0.15) is 15.0 Å². The van der Waals surface area contributed by atoms with Crippen LogP contribution in [0.3, 0.4) is 0 Å². The fourth-order valence-electron chi connectivity index (χ4n) is 1.80. The van der Waals surface area contributed by atoms with Crippen LogP contribution in [0.15, 0.2) is 18.2 Å². The molecule has 1 aromatic carbocycles. The van der Waals surface area contributed by atoms with Crippen molar-refractivity contribution in [1.82, 2.24) is 15.0 Å². The van der Waals surface area contributed by atoms with Crippen molar-refractivity contribution >= 4 is 17.5 Å².